The number of sulfonamides is 1. The van der Waals surface area contributed by atoms with Gasteiger partial charge in [0.2, 0.25) is 10.0 Å². The van der Waals surface area contributed by atoms with E-state index in [-0.39, 0.29) is 29.1 Å². The first-order valence-electron chi connectivity index (χ1n) is 7.10. The van der Waals surface area contributed by atoms with Crippen molar-refractivity contribution in [3.05, 3.63) is 24.0 Å². The first-order valence-corrected chi connectivity index (χ1v) is 8.54. The molecule has 0 amide bonds. The highest BCUT2D eigenvalue weighted by Gasteiger charge is 2.35. The van der Waals surface area contributed by atoms with Gasteiger partial charge in [-0.2, -0.15) is 4.31 Å². The molecule has 2 unspecified atom stereocenters. The number of rotatable bonds is 3. The van der Waals surface area contributed by atoms with Crippen LogP contribution in [0.15, 0.2) is 23.1 Å². The van der Waals surface area contributed by atoms with Gasteiger partial charge in [0.25, 0.3) is 0 Å². The lowest BCUT2D eigenvalue weighted by Crippen LogP contribution is -2.39. The normalized spacial score (nSPS) is 25.4. The van der Waals surface area contributed by atoms with E-state index in [1.165, 1.54) is 23.5 Å². The molecule has 22 heavy (non-hydrogen) atoms. The summed E-state index contributed by atoms with van der Waals surface area (Å²) in [5.41, 5.74) is 0. The zero-order valence-electron chi connectivity index (χ0n) is 12.3. The number of nitrogens with one attached hydrogen (secondary N) is 1. The molecule has 0 aromatic heterocycles. The zero-order valence-corrected chi connectivity index (χ0v) is 13.9. The number of halogens is 2. The SMILES string of the molecule is COc1ccc(S(=O)(=O)N2CCC3CCC(C2)N3)cc1F.Cl. The maximum absolute atomic E-state index is 13.8. The van der Waals surface area contributed by atoms with E-state index >= 15 is 0 Å². The minimum Gasteiger partial charge on any atom is -0.494 e. The lowest BCUT2D eigenvalue weighted by Gasteiger charge is -2.23. The molecular weight excluding hydrogens is 331 g/mol. The zero-order chi connectivity index (χ0) is 15.0. The van der Waals surface area contributed by atoms with E-state index in [2.05, 4.69) is 5.32 Å². The molecule has 1 aromatic rings. The summed E-state index contributed by atoms with van der Waals surface area (Å²) in [4.78, 5) is -0.0152. The van der Waals surface area contributed by atoms with Crippen LogP contribution in [0, 0.1) is 5.82 Å². The van der Waals surface area contributed by atoms with Crippen molar-refractivity contribution in [2.24, 2.45) is 0 Å². The van der Waals surface area contributed by atoms with Gasteiger partial charge < -0.3 is 10.1 Å². The summed E-state index contributed by atoms with van der Waals surface area (Å²) in [5, 5.41) is 3.44. The molecule has 0 saturated carbocycles. The molecular formula is C14H20ClFN2O3S. The Bertz CT molecular complexity index is 641. The number of hydrogen-bond donors (Lipinski definition) is 1. The topological polar surface area (TPSA) is 58.6 Å². The van der Waals surface area contributed by atoms with E-state index in [1.54, 1.807) is 0 Å². The monoisotopic (exact) mass is 350 g/mol. The molecule has 1 N–H and O–H groups in total. The second-order valence-corrected chi connectivity index (χ2v) is 7.52. The number of nitrogens with zero attached hydrogens (tertiary/aromatic N) is 1. The summed E-state index contributed by atoms with van der Waals surface area (Å²) in [6, 6.07) is 4.39. The molecule has 8 heteroatoms. The van der Waals surface area contributed by atoms with Crippen LogP contribution in [0.5, 0.6) is 5.75 Å². The highest BCUT2D eigenvalue weighted by atomic mass is 35.5. The van der Waals surface area contributed by atoms with Crippen molar-refractivity contribution in [3.63, 3.8) is 0 Å². The predicted octanol–water partition coefficient (Wildman–Crippen LogP) is 1.77. The van der Waals surface area contributed by atoms with Crippen molar-refractivity contribution in [2.75, 3.05) is 20.2 Å². The second kappa shape index (κ2) is 6.70. The fraction of sp³-hybridized carbons (Fsp3) is 0.571. The van der Waals surface area contributed by atoms with Gasteiger partial charge in [-0.1, -0.05) is 0 Å². The fourth-order valence-electron chi connectivity index (χ4n) is 3.09. The van der Waals surface area contributed by atoms with Gasteiger partial charge in [-0.3, -0.25) is 0 Å². The van der Waals surface area contributed by atoms with E-state index in [4.69, 9.17) is 4.74 Å². The van der Waals surface area contributed by atoms with Gasteiger partial charge in [0.05, 0.1) is 12.0 Å². The molecule has 1 aromatic carbocycles. The molecule has 0 radical (unpaired) electrons. The highest BCUT2D eigenvalue weighted by molar-refractivity contribution is 7.89. The van der Waals surface area contributed by atoms with Gasteiger partial charge in [0, 0.05) is 25.2 Å². The summed E-state index contributed by atoms with van der Waals surface area (Å²) in [7, 11) is -2.31. The van der Waals surface area contributed by atoms with Gasteiger partial charge in [-0.05, 0) is 37.5 Å². The predicted molar refractivity (Wildman–Crippen MR) is 83.5 cm³/mol. The van der Waals surface area contributed by atoms with Crippen molar-refractivity contribution in [3.8, 4) is 5.75 Å². The Labute approximate surface area is 136 Å². The van der Waals surface area contributed by atoms with Crippen molar-refractivity contribution in [2.45, 2.75) is 36.2 Å². The molecule has 2 aliphatic rings. The number of ether oxygens (including phenoxy) is 1. The summed E-state index contributed by atoms with van der Waals surface area (Å²) in [6.07, 6.45) is 2.90. The lowest BCUT2D eigenvalue weighted by atomic mass is 10.1. The maximum Gasteiger partial charge on any atom is 0.243 e. The van der Waals surface area contributed by atoms with E-state index in [0.29, 0.717) is 19.1 Å². The van der Waals surface area contributed by atoms with Crippen molar-refractivity contribution in [1.29, 1.82) is 0 Å². The minimum atomic E-state index is -3.66. The Kier molecular flexibility index (Phi) is 5.32. The van der Waals surface area contributed by atoms with E-state index in [9.17, 15) is 12.8 Å². The Morgan fingerprint density at radius 1 is 1.27 bits per heavy atom. The number of benzene rings is 1. The van der Waals surface area contributed by atoms with E-state index in [1.807, 2.05) is 0 Å². The van der Waals surface area contributed by atoms with Gasteiger partial charge in [-0.15, -0.1) is 12.4 Å². The van der Waals surface area contributed by atoms with E-state index in [0.717, 1.165) is 25.3 Å². The summed E-state index contributed by atoms with van der Waals surface area (Å²) in [6.45, 7) is 0.927. The summed E-state index contributed by atoms with van der Waals surface area (Å²) in [5.74, 6) is -0.612. The van der Waals surface area contributed by atoms with Crippen LogP contribution < -0.4 is 10.1 Å². The Morgan fingerprint density at radius 2 is 2.00 bits per heavy atom. The van der Waals surface area contributed by atoms with Gasteiger partial charge >= 0.3 is 0 Å². The molecule has 2 fully saturated rings. The number of fused-ring (bicyclic) bond motifs is 2. The fourth-order valence-corrected chi connectivity index (χ4v) is 4.60. The quantitative estimate of drug-likeness (QED) is 0.902. The van der Waals surface area contributed by atoms with Crippen LogP contribution in [0.4, 0.5) is 4.39 Å². The van der Waals surface area contributed by atoms with Gasteiger partial charge in [0.15, 0.2) is 11.6 Å². The maximum atomic E-state index is 13.8. The molecule has 2 heterocycles. The summed E-state index contributed by atoms with van der Waals surface area (Å²) < 4.78 is 45.4. The molecule has 2 bridgehead atoms. The standard InChI is InChI=1S/C14H19FN2O3S.ClH/c1-20-14-5-4-12(8-13(14)15)21(18,19)17-7-6-10-2-3-11(9-17)16-10;/h4-5,8,10-11,16H,2-3,6-7,9H2,1H3;1H. The third-order valence-electron chi connectivity index (χ3n) is 4.25. The second-order valence-electron chi connectivity index (χ2n) is 5.59. The lowest BCUT2D eigenvalue weighted by molar-refractivity contribution is 0.379. The van der Waals surface area contributed by atoms with Crippen LogP contribution in [0.1, 0.15) is 19.3 Å². The molecule has 2 aliphatic heterocycles. The first kappa shape index (κ1) is 17.5. The molecule has 3 rings (SSSR count). The number of hydrogen-bond acceptors (Lipinski definition) is 4. The van der Waals surface area contributed by atoms with Crippen molar-refractivity contribution >= 4 is 22.4 Å². The van der Waals surface area contributed by atoms with Crippen LogP contribution in [-0.2, 0) is 10.0 Å². The van der Waals surface area contributed by atoms with Crippen LogP contribution in [0.2, 0.25) is 0 Å². The largest absolute Gasteiger partial charge is 0.494 e. The minimum absolute atomic E-state index is 0. The Morgan fingerprint density at radius 3 is 2.68 bits per heavy atom. The molecule has 124 valence electrons. The Hall–Kier alpha value is -0.890. The smallest absolute Gasteiger partial charge is 0.243 e. The van der Waals surface area contributed by atoms with Crippen LogP contribution in [0.3, 0.4) is 0 Å². The molecule has 0 aliphatic carbocycles. The van der Waals surface area contributed by atoms with Gasteiger partial charge in [0.1, 0.15) is 0 Å². The average molecular weight is 351 g/mol. The molecule has 5 nitrogen and oxygen atoms in total. The highest BCUT2D eigenvalue weighted by Crippen LogP contribution is 2.27. The number of methoxy groups -OCH3 is 1. The third-order valence-corrected chi connectivity index (χ3v) is 6.11. The van der Waals surface area contributed by atoms with Crippen LogP contribution >= 0.6 is 12.4 Å². The molecule has 2 saturated heterocycles. The molecule has 0 spiro atoms. The average Bonchev–Trinajstić information content (AvgIpc) is 2.77. The van der Waals surface area contributed by atoms with Crippen LogP contribution in [-0.4, -0.2) is 45.0 Å². The Balaban J connectivity index is 0.00000176. The van der Waals surface area contributed by atoms with Gasteiger partial charge in [-0.25, -0.2) is 12.8 Å². The van der Waals surface area contributed by atoms with Crippen molar-refractivity contribution < 1.29 is 17.5 Å². The van der Waals surface area contributed by atoms with Crippen molar-refractivity contribution in [1.82, 2.24) is 9.62 Å². The third kappa shape index (κ3) is 3.22. The summed E-state index contributed by atoms with van der Waals surface area (Å²) >= 11 is 0. The van der Waals surface area contributed by atoms with Crippen LogP contribution in [0.25, 0.3) is 0 Å². The van der Waals surface area contributed by atoms with E-state index < -0.39 is 15.8 Å². The first-order chi connectivity index (χ1) is 10.0. The molecule has 2 atom stereocenters.